The van der Waals surface area contributed by atoms with Gasteiger partial charge in [0.05, 0.1) is 18.7 Å². The first-order chi connectivity index (χ1) is 11.5. The Morgan fingerprint density at radius 3 is 2.29 bits per heavy atom. The van der Waals surface area contributed by atoms with Gasteiger partial charge < -0.3 is 15.4 Å². The van der Waals surface area contributed by atoms with Crippen LogP contribution in [-0.2, 0) is 0 Å². The number of benzene rings is 2. The number of hydrogen-bond acceptors (Lipinski definition) is 2. The zero-order chi connectivity index (χ0) is 17.5. The number of urea groups is 1. The topological polar surface area (TPSA) is 50.4 Å². The van der Waals surface area contributed by atoms with Crippen molar-refractivity contribution in [2.75, 3.05) is 6.61 Å². The molecule has 0 aliphatic heterocycles. The summed E-state index contributed by atoms with van der Waals surface area (Å²) in [6, 6.07) is 15.3. The predicted molar refractivity (Wildman–Crippen MR) is 100 cm³/mol. The molecule has 24 heavy (non-hydrogen) atoms. The van der Waals surface area contributed by atoms with Gasteiger partial charge in [0.25, 0.3) is 0 Å². The van der Waals surface area contributed by atoms with Gasteiger partial charge in [0.1, 0.15) is 5.75 Å². The van der Waals surface area contributed by atoms with Crippen LogP contribution in [0.3, 0.4) is 0 Å². The highest BCUT2D eigenvalue weighted by atomic mass is 79.9. The van der Waals surface area contributed by atoms with Crippen molar-refractivity contribution < 1.29 is 9.53 Å². The van der Waals surface area contributed by atoms with E-state index >= 15 is 0 Å². The van der Waals surface area contributed by atoms with Crippen LogP contribution in [0.5, 0.6) is 5.75 Å². The Hall–Kier alpha value is -2.01. The molecular weight excluding hydrogens is 368 g/mol. The molecule has 0 heterocycles. The van der Waals surface area contributed by atoms with Crippen LogP contribution in [0.25, 0.3) is 0 Å². The molecule has 0 saturated heterocycles. The number of nitrogens with one attached hydrogen (secondary N) is 2. The van der Waals surface area contributed by atoms with Crippen molar-refractivity contribution in [3.8, 4) is 5.75 Å². The number of carbonyl (C=O) groups excluding carboxylic acids is 1. The van der Waals surface area contributed by atoms with Gasteiger partial charge in [0.2, 0.25) is 0 Å². The lowest BCUT2D eigenvalue weighted by atomic mass is 10.1. The van der Waals surface area contributed by atoms with E-state index in [0.29, 0.717) is 6.61 Å². The minimum atomic E-state index is -0.195. The minimum absolute atomic E-state index is 0.0897. The van der Waals surface area contributed by atoms with Gasteiger partial charge in [-0.05, 0) is 50.1 Å². The quantitative estimate of drug-likeness (QED) is 0.731. The monoisotopic (exact) mass is 390 g/mol. The third kappa shape index (κ3) is 4.99. The summed E-state index contributed by atoms with van der Waals surface area (Å²) < 4.78 is 6.41. The maximum atomic E-state index is 12.2. The highest BCUT2D eigenvalue weighted by Crippen LogP contribution is 2.23. The SMILES string of the molecule is CCOc1ccc(C(C)NC(=O)NC(C)c2ccccc2Br)cc1. The Morgan fingerprint density at radius 2 is 1.67 bits per heavy atom. The molecule has 2 amide bonds. The van der Waals surface area contributed by atoms with Gasteiger partial charge >= 0.3 is 6.03 Å². The zero-order valence-electron chi connectivity index (χ0n) is 14.2. The molecule has 0 aromatic heterocycles. The van der Waals surface area contributed by atoms with Gasteiger partial charge in [-0.1, -0.05) is 46.3 Å². The molecule has 0 aliphatic rings. The molecule has 2 unspecified atom stereocenters. The van der Waals surface area contributed by atoms with Crippen LogP contribution < -0.4 is 15.4 Å². The summed E-state index contributed by atoms with van der Waals surface area (Å²) in [6.07, 6.45) is 0. The van der Waals surface area contributed by atoms with Crippen LogP contribution in [-0.4, -0.2) is 12.6 Å². The molecule has 0 spiro atoms. The summed E-state index contributed by atoms with van der Waals surface area (Å²) in [5.41, 5.74) is 2.07. The van der Waals surface area contributed by atoms with E-state index in [1.54, 1.807) is 0 Å². The van der Waals surface area contributed by atoms with Gasteiger partial charge in [-0.3, -0.25) is 0 Å². The van der Waals surface area contributed by atoms with Crippen LogP contribution >= 0.6 is 15.9 Å². The second-order valence-corrected chi connectivity index (χ2v) is 6.44. The van der Waals surface area contributed by atoms with Crippen molar-refractivity contribution in [1.29, 1.82) is 0 Å². The maximum absolute atomic E-state index is 12.2. The molecule has 0 aliphatic carbocycles. The fourth-order valence-electron chi connectivity index (χ4n) is 2.44. The Labute approximate surface area is 151 Å². The first-order valence-electron chi connectivity index (χ1n) is 8.05. The second-order valence-electron chi connectivity index (χ2n) is 5.58. The molecule has 128 valence electrons. The molecule has 2 N–H and O–H groups in total. The van der Waals surface area contributed by atoms with E-state index in [1.807, 2.05) is 69.3 Å². The summed E-state index contributed by atoms with van der Waals surface area (Å²) in [6.45, 7) is 6.51. The van der Waals surface area contributed by atoms with Crippen molar-refractivity contribution >= 4 is 22.0 Å². The summed E-state index contributed by atoms with van der Waals surface area (Å²) >= 11 is 3.51. The summed E-state index contributed by atoms with van der Waals surface area (Å²) in [4.78, 5) is 12.2. The molecule has 0 bridgehead atoms. The van der Waals surface area contributed by atoms with Crippen molar-refractivity contribution in [1.82, 2.24) is 10.6 Å². The van der Waals surface area contributed by atoms with E-state index in [4.69, 9.17) is 4.74 Å². The first-order valence-corrected chi connectivity index (χ1v) is 8.84. The van der Waals surface area contributed by atoms with Crippen LogP contribution in [0.15, 0.2) is 53.0 Å². The lowest BCUT2D eigenvalue weighted by Crippen LogP contribution is -2.38. The fourth-order valence-corrected chi connectivity index (χ4v) is 3.07. The summed E-state index contributed by atoms with van der Waals surface area (Å²) in [7, 11) is 0. The van der Waals surface area contributed by atoms with Crippen LogP contribution in [0.4, 0.5) is 4.79 Å². The molecular formula is C19H23BrN2O2. The van der Waals surface area contributed by atoms with Crippen molar-refractivity contribution in [2.24, 2.45) is 0 Å². The normalized spacial score (nSPS) is 13.0. The van der Waals surface area contributed by atoms with Crippen LogP contribution in [0.1, 0.15) is 44.0 Å². The lowest BCUT2D eigenvalue weighted by molar-refractivity contribution is 0.235. The average molecular weight is 391 g/mol. The van der Waals surface area contributed by atoms with E-state index in [2.05, 4.69) is 26.6 Å². The average Bonchev–Trinajstić information content (AvgIpc) is 2.56. The number of carbonyl (C=O) groups is 1. The molecule has 4 nitrogen and oxygen atoms in total. The van der Waals surface area contributed by atoms with E-state index in [9.17, 15) is 4.79 Å². The van der Waals surface area contributed by atoms with Gasteiger partial charge in [0, 0.05) is 4.47 Å². The Kier molecular flexibility index (Phi) is 6.67. The number of rotatable bonds is 6. The van der Waals surface area contributed by atoms with Crippen molar-refractivity contribution in [3.05, 3.63) is 64.1 Å². The van der Waals surface area contributed by atoms with E-state index < -0.39 is 0 Å². The largest absolute Gasteiger partial charge is 0.494 e. The molecule has 2 aromatic rings. The smallest absolute Gasteiger partial charge is 0.315 e. The standard InChI is InChI=1S/C19H23BrN2O2/c1-4-24-16-11-9-15(10-12-16)13(2)21-19(23)22-14(3)17-7-5-6-8-18(17)20/h5-14H,4H2,1-3H3,(H2,21,22,23). The minimum Gasteiger partial charge on any atom is -0.494 e. The van der Waals surface area contributed by atoms with Gasteiger partial charge in [-0.2, -0.15) is 0 Å². The fraction of sp³-hybridized carbons (Fsp3) is 0.316. The molecule has 2 aromatic carbocycles. The van der Waals surface area contributed by atoms with Crippen molar-refractivity contribution in [3.63, 3.8) is 0 Å². The Bertz CT molecular complexity index is 673. The number of amides is 2. The Morgan fingerprint density at radius 1 is 1.04 bits per heavy atom. The maximum Gasteiger partial charge on any atom is 0.315 e. The van der Waals surface area contributed by atoms with Crippen LogP contribution in [0.2, 0.25) is 0 Å². The highest BCUT2D eigenvalue weighted by molar-refractivity contribution is 9.10. The van der Waals surface area contributed by atoms with E-state index in [0.717, 1.165) is 21.3 Å². The number of hydrogen-bond donors (Lipinski definition) is 2. The molecule has 5 heteroatoms. The van der Waals surface area contributed by atoms with E-state index in [1.165, 1.54) is 0 Å². The third-order valence-electron chi connectivity index (χ3n) is 3.76. The molecule has 0 radical (unpaired) electrons. The third-order valence-corrected chi connectivity index (χ3v) is 4.48. The molecule has 2 atom stereocenters. The predicted octanol–water partition coefficient (Wildman–Crippen LogP) is 4.97. The first kappa shape index (κ1) is 18.3. The van der Waals surface area contributed by atoms with Gasteiger partial charge in [-0.15, -0.1) is 0 Å². The molecule has 0 saturated carbocycles. The van der Waals surface area contributed by atoms with Crippen LogP contribution in [0, 0.1) is 0 Å². The van der Waals surface area contributed by atoms with Gasteiger partial charge in [0.15, 0.2) is 0 Å². The lowest BCUT2D eigenvalue weighted by Gasteiger charge is -2.19. The van der Waals surface area contributed by atoms with Gasteiger partial charge in [-0.25, -0.2) is 4.79 Å². The summed E-state index contributed by atoms with van der Waals surface area (Å²) in [5.74, 6) is 0.834. The molecule has 0 fully saturated rings. The Balaban J connectivity index is 1.92. The highest BCUT2D eigenvalue weighted by Gasteiger charge is 2.14. The van der Waals surface area contributed by atoms with Crippen molar-refractivity contribution in [2.45, 2.75) is 32.9 Å². The molecule has 2 rings (SSSR count). The zero-order valence-corrected chi connectivity index (χ0v) is 15.8. The second kappa shape index (κ2) is 8.73. The number of halogens is 1. The van der Waals surface area contributed by atoms with E-state index in [-0.39, 0.29) is 18.1 Å². The number of ether oxygens (including phenoxy) is 1. The summed E-state index contributed by atoms with van der Waals surface area (Å²) in [5, 5.41) is 5.93.